The lowest BCUT2D eigenvalue weighted by Crippen LogP contribution is -2.54. The van der Waals surface area contributed by atoms with Gasteiger partial charge in [-0.3, -0.25) is 4.79 Å². The van der Waals surface area contributed by atoms with Crippen molar-refractivity contribution in [2.75, 3.05) is 6.54 Å². The van der Waals surface area contributed by atoms with E-state index in [1.54, 1.807) is 0 Å². The van der Waals surface area contributed by atoms with Crippen LogP contribution in [0.25, 0.3) is 0 Å². The molecule has 2 N–H and O–H groups in total. The van der Waals surface area contributed by atoms with Crippen LogP contribution in [0, 0.1) is 5.92 Å². The van der Waals surface area contributed by atoms with Crippen LogP contribution in [0.3, 0.4) is 0 Å². The molecule has 5 heteroatoms. The summed E-state index contributed by atoms with van der Waals surface area (Å²) < 4.78 is 0.763. The topological polar surface area (TPSA) is 41.1 Å². The Morgan fingerprint density at radius 2 is 2.29 bits per heavy atom. The molecule has 1 aromatic heterocycles. The SMILES string of the molecule is CC(C)C[C@@H]1NC[C@@H](c2ccc(Cl)s2)NC1=O. The zero-order valence-corrected chi connectivity index (χ0v) is 11.6. The van der Waals surface area contributed by atoms with Crippen LogP contribution in [-0.2, 0) is 4.79 Å². The largest absolute Gasteiger partial charge is 0.346 e. The van der Waals surface area contributed by atoms with E-state index in [0.29, 0.717) is 5.92 Å². The predicted molar refractivity (Wildman–Crippen MR) is 71.5 cm³/mol. The highest BCUT2D eigenvalue weighted by Crippen LogP contribution is 2.28. The van der Waals surface area contributed by atoms with E-state index < -0.39 is 0 Å². The molecule has 0 radical (unpaired) electrons. The zero-order valence-electron chi connectivity index (χ0n) is 10.00. The van der Waals surface area contributed by atoms with Gasteiger partial charge in [-0.25, -0.2) is 0 Å². The smallest absolute Gasteiger partial charge is 0.237 e. The van der Waals surface area contributed by atoms with Gasteiger partial charge < -0.3 is 10.6 Å². The maximum atomic E-state index is 11.9. The fourth-order valence-corrected chi connectivity index (χ4v) is 3.14. The van der Waals surface area contributed by atoms with Crippen molar-refractivity contribution >= 4 is 28.8 Å². The molecule has 17 heavy (non-hydrogen) atoms. The summed E-state index contributed by atoms with van der Waals surface area (Å²) in [5.41, 5.74) is 0. The van der Waals surface area contributed by atoms with Gasteiger partial charge >= 0.3 is 0 Å². The van der Waals surface area contributed by atoms with Crippen LogP contribution >= 0.6 is 22.9 Å². The van der Waals surface area contributed by atoms with Crippen molar-refractivity contribution in [1.29, 1.82) is 0 Å². The summed E-state index contributed by atoms with van der Waals surface area (Å²) >= 11 is 7.42. The Kier molecular flexibility index (Phi) is 4.07. The molecule has 1 aromatic rings. The van der Waals surface area contributed by atoms with Crippen LogP contribution in [0.4, 0.5) is 0 Å². The van der Waals surface area contributed by atoms with Gasteiger partial charge in [-0.05, 0) is 24.5 Å². The van der Waals surface area contributed by atoms with E-state index in [4.69, 9.17) is 11.6 Å². The van der Waals surface area contributed by atoms with Gasteiger partial charge in [0.1, 0.15) is 0 Å². The summed E-state index contributed by atoms with van der Waals surface area (Å²) in [6.07, 6.45) is 0.879. The summed E-state index contributed by atoms with van der Waals surface area (Å²) in [4.78, 5) is 13.0. The standard InChI is InChI=1S/C12H17ClN2OS/c1-7(2)5-8-12(16)15-9(6-14-8)10-3-4-11(13)17-10/h3-4,7-9,14H,5-6H2,1-2H3,(H,15,16)/t8-,9-/m0/s1. The van der Waals surface area contributed by atoms with Crippen molar-refractivity contribution < 1.29 is 4.79 Å². The molecule has 1 amide bonds. The van der Waals surface area contributed by atoms with Crippen molar-refractivity contribution in [2.24, 2.45) is 5.92 Å². The van der Waals surface area contributed by atoms with E-state index in [0.717, 1.165) is 22.2 Å². The summed E-state index contributed by atoms with van der Waals surface area (Å²) in [5, 5.41) is 6.36. The Balaban J connectivity index is 1.97. The van der Waals surface area contributed by atoms with Crippen molar-refractivity contribution in [2.45, 2.75) is 32.4 Å². The van der Waals surface area contributed by atoms with Crippen LogP contribution < -0.4 is 10.6 Å². The van der Waals surface area contributed by atoms with E-state index >= 15 is 0 Å². The van der Waals surface area contributed by atoms with Crippen molar-refractivity contribution in [1.82, 2.24) is 10.6 Å². The normalized spacial score (nSPS) is 25.1. The average molecular weight is 273 g/mol. The number of carbonyl (C=O) groups is 1. The molecular weight excluding hydrogens is 256 g/mol. The maximum Gasteiger partial charge on any atom is 0.237 e. The molecule has 94 valence electrons. The number of nitrogens with one attached hydrogen (secondary N) is 2. The fourth-order valence-electron chi connectivity index (χ4n) is 2.03. The Bertz CT molecular complexity index is 405. The first-order chi connectivity index (χ1) is 8.06. The second kappa shape index (κ2) is 5.38. The highest BCUT2D eigenvalue weighted by Gasteiger charge is 2.29. The molecule has 1 aliphatic heterocycles. The first-order valence-electron chi connectivity index (χ1n) is 5.85. The van der Waals surface area contributed by atoms with E-state index in [1.165, 1.54) is 11.3 Å². The zero-order chi connectivity index (χ0) is 12.4. The molecule has 0 unspecified atom stereocenters. The second-order valence-electron chi connectivity index (χ2n) is 4.79. The third-order valence-electron chi connectivity index (χ3n) is 2.85. The molecule has 1 saturated heterocycles. The molecule has 1 aliphatic rings. The number of hydrogen-bond donors (Lipinski definition) is 2. The lowest BCUT2D eigenvalue weighted by molar-refractivity contribution is -0.125. The van der Waals surface area contributed by atoms with Crippen LogP contribution in [0.5, 0.6) is 0 Å². The molecular formula is C12H17ClN2OS. The molecule has 2 heterocycles. The summed E-state index contributed by atoms with van der Waals surface area (Å²) in [5.74, 6) is 0.616. The molecule has 0 saturated carbocycles. The first kappa shape index (κ1) is 12.9. The molecule has 0 aromatic carbocycles. The van der Waals surface area contributed by atoms with Crippen molar-refractivity contribution in [3.8, 4) is 0 Å². The monoisotopic (exact) mass is 272 g/mol. The van der Waals surface area contributed by atoms with Gasteiger partial charge in [0.15, 0.2) is 0 Å². The highest BCUT2D eigenvalue weighted by atomic mass is 35.5. The van der Waals surface area contributed by atoms with E-state index in [1.807, 2.05) is 12.1 Å². The third kappa shape index (κ3) is 3.21. The van der Waals surface area contributed by atoms with Crippen LogP contribution in [-0.4, -0.2) is 18.5 Å². The van der Waals surface area contributed by atoms with Gasteiger partial charge in [-0.2, -0.15) is 0 Å². The quantitative estimate of drug-likeness (QED) is 0.888. The molecule has 2 atom stereocenters. The molecule has 2 rings (SSSR count). The minimum absolute atomic E-state index is 0.0540. The number of thiophene rings is 1. The Labute approximate surface area is 111 Å². The average Bonchev–Trinajstić information content (AvgIpc) is 2.67. The molecule has 0 spiro atoms. The molecule has 0 bridgehead atoms. The molecule has 1 fully saturated rings. The number of amides is 1. The first-order valence-corrected chi connectivity index (χ1v) is 7.04. The van der Waals surface area contributed by atoms with Crippen LogP contribution in [0.2, 0.25) is 4.34 Å². The van der Waals surface area contributed by atoms with Crippen LogP contribution in [0.1, 0.15) is 31.2 Å². The number of piperazine rings is 1. The lowest BCUT2D eigenvalue weighted by atomic mass is 10.0. The minimum Gasteiger partial charge on any atom is -0.346 e. The van der Waals surface area contributed by atoms with Gasteiger partial charge in [-0.1, -0.05) is 25.4 Å². The molecule has 3 nitrogen and oxygen atoms in total. The number of carbonyl (C=O) groups excluding carboxylic acids is 1. The third-order valence-corrected chi connectivity index (χ3v) is 4.19. The van der Waals surface area contributed by atoms with E-state index in [-0.39, 0.29) is 18.0 Å². The summed E-state index contributed by atoms with van der Waals surface area (Å²) in [6, 6.07) is 3.85. The Hall–Kier alpha value is -0.580. The maximum absolute atomic E-state index is 11.9. The van der Waals surface area contributed by atoms with Gasteiger partial charge in [-0.15, -0.1) is 11.3 Å². The number of rotatable bonds is 3. The van der Waals surface area contributed by atoms with Gasteiger partial charge in [0.2, 0.25) is 5.91 Å². The highest BCUT2D eigenvalue weighted by molar-refractivity contribution is 7.16. The van der Waals surface area contributed by atoms with Crippen molar-refractivity contribution in [3.05, 3.63) is 21.3 Å². The Morgan fingerprint density at radius 3 is 2.82 bits per heavy atom. The Morgan fingerprint density at radius 1 is 1.53 bits per heavy atom. The lowest BCUT2D eigenvalue weighted by Gasteiger charge is -2.30. The minimum atomic E-state index is -0.0540. The van der Waals surface area contributed by atoms with Gasteiger partial charge in [0.05, 0.1) is 16.4 Å². The van der Waals surface area contributed by atoms with Crippen molar-refractivity contribution in [3.63, 3.8) is 0 Å². The fraction of sp³-hybridized carbons (Fsp3) is 0.583. The molecule has 0 aliphatic carbocycles. The van der Waals surface area contributed by atoms with E-state index in [2.05, 4.69) is 24.5 Å². The number of hydrogen-bond acceptors (Lipinski definition) is 3. The summed E-state index contributed by atoms with van der Waals surface area (Å²) in [7, 11) is 0. The number of halogens is 1. The van der Waals surface area contributed by atoms with Gasteiger partial charge in [0, 0.05) is 11.4 Å². The van der Waals surface area contributed by atoms with Crippen LogP contribution in [0.15, 0.2) is 12.1 Å². The van der Waals surface area contributed by atoms with Gasteiger partial charge in [0.25, 0.3) is 0 Å². The second-order valence-corrected chi connectivity index (χ2v) is 6.54. The predicted octanol–water partition coefficient (Wildman–Crippen LogP) is 2.58. The van der Waals surface area contributed by atoms with E-state index in [9.17, 15) is 4.79 Å². The summed E-state index contributed by atoms with van der Waals surface area (Å²) in [6.45, 7) is 5.03.